The maximum Gasteiger partial charge on any atom is 0.365 e. The molecule has 4 heterocycles. The summed E-state index contributed by atoms with van der Waals surface area (Å²) in [5.41, 5.74) is 8.30. The smallest absolute Gasteiger partial charge is 0.365 e. The van der Waals surface area contributed by atoms with Crippen LogP contribution in [0.15, 0.2) is 121 Å². The maximum atomic E-state index is 12.5. The molecule has 4 aromatic heterocycles. The fourth-order valence-corrected chi connectivity index (χ4v) is 10.5. The molecule has 17 nitrogen and oxygen atoms in total. The molecular formula is C53H43N7O10S4. The van der Waals surface area contributed by atoms with E-state index in [0.717, 1.165) is 69.0 Å². The highest BCUT2D eigenvalue weighted by Gasteiger charge is 2.16. The third-order valence-corrected chi connectivity index (χ3v) is 14.3. The molecule has 21 heteroatoms. The van der Waals surface area contributed by atoms with E-state index in [0.29, 0.717) is 37.4 Å². The summed E-state index contributed by atoms with van der Waals surface area (Å²) in [4.78, 5) is 74.4. The van der Waals surface area contributed by atoms with Gasteiger partial charge in [-0.2, -0.15) is 5.26 Å². The van der Waals surface area contributed by atoms with Crippen molar-refractivity contribution in [3.05, 3.63) is 169 Å². The molecule has 6 aromatic carbocycles. The number of aromatic hydroxyl groups is 1. The van der Waals surface area contributed by atoms with Gasteiger partial charge >= 0.3 is 5.97 Å². The van der Waals surface area contributed by atoms with Crippen molar-refractivity contribution in [3.63, 3.8) is 0 Å². The molecule has 0 unspecified atom stereocenters. The minimum absolute atomic E-state index is 0.0235. The third-order valence-electron chi connectivity index (χ3n) is 10.3. The Morgan fingerprint density at radius 2 is 0.892 bits per heavy atom. The number of rotatable bonds is 12. The van der Waals surface area contributed by atoms with Crippen molar-refractivity contribution in [2.24, 2.45) is 0 Å². The summed E-state index contributed by atoms with van der Waals surface area (Å²) >= 11 is 5.05. The lowest BCUT2D eigenvalue weighted by Gasteiger charge is -2.04. The Labute approximate surface area is 437 Å². The number of amides is 2. The van der Waals surface area contributed by atoms with E-state index in [1.165, 1.54) is 47.9 Å². The van der Waals surface area contributed by atoms with Gasteiger partial charge in [-0.3, -0.25) is 19.2 Å². The van der Waals surface area contributed by atoms with Crippen LogP contribution in [0, 0.1) is 11.3 Å². The van der Waals surface area contributed by atoms with Gasteiger partial charge in [0.15, 0.2) is 26.6 Å². The summed E-state index contributed by atoms with van der Waals surface area (Å²) in [6.07, 6.45) is 0.430. The zero-order chi connectivity index (χ0) is 52.9. The Balaban J connectivity index is 0.000000149. The van der Waals surface area contributed by atoms with E-state index in [1.807, 2.05) is 48.5 Å². The van der Waals surface area contributed by atoms with Crippen LogP contribution in [0.3, 0.4) is 0 Å². The number of nitrogens with zero attached hydrogens (tertiary/aromatic N) is 5. The van der Waals surface area contributed by atoms with Crippen LogP contribution in [0.1, 0.15) is 76.1 Å². The molecule has 0 fully saturated rings. The van der Waals surface area contributed by atoms with Gasteiger partial charge in [0.2, 0.25) is 16.8 Å². The van der Waals surface area contributed by atoms with Gasteiger partial charge < -0.3 is 36.2 Å². The second-order valence-corrected chi connectivity index (χ2v) is 20.1. The standard InChI is InChI=1S/C18H16N2O3S.C17H14N2O3S.C9H6N2OS.C9H7NO3S/c1-11(22)19-14-4-2-3-12(7-14)8-16(23)18-20-15-6-5-13(10-21)9-17(15)24-18;1-10(20)18-12-4-2-3-11(7-12)8-15(22)17-19-14-6-5-13(21)9-16(14)23-17;10-4-9-11-7-2-1-6(5-12)3-8(7)13-9;11-4-5-1-2-6-7(3-5)14-8(10-6)9(12)13/h2-7,9,21H,8,10H2,1H3,(H,19,22);2-7,9,21H,8H2,1H3,(H,18,20);1-3,12H,5H2;1-3,11H,4H2,(H,12,13). The first kappa shape index (κ1) is 53.6. The number of anilines is 2. The van der Waals surface area contributed by atoms with E-state index in [-0.39, 0.29) is 66.8 Å². The number of aliphatic hydroxyl groups excluding tert-OH is 3. The third kappa shape index (κ3) is 14.5. The molecule has 0 atom stereocenters. The van der Waals surface area contributed by atoms with Crippen molar-refractivity contribution < 1.29 is 49.5 Å². The number of carboxylic acids is 1. The van der Waals surface area contributed by atoms with Crippen molar-refractivity contribution in [2.45, 2.75) is 46.5 Å². The lowest BCUT2D eigenvalue weighted by atomic mass is 10.1. The van der Waals surface area contributed by atoms with Gasteiger partial charge in [0.05, 0.1) is 60.7 Å². The van der Waals surface area contributed by atoms with Crippen molar-refractivity contribution in [3.8, 4) is 11.8 Å². The number of thiazole rings is 4. The molecule has 7 N–H and O–H groups in total. The molecular weight excluding hydrogens is 1020 g/mol. The molecule has 0 aliphatic carbocycles. The molecule has 0 saturated carbocycles. The predicted octanol–water partition coefficient (Wildman–Crippen LogP) is 9.71. The van der Waals surface area contributed by atoms with E-state index in [2.05, 4.69) is 30.6 Å². The summed E-state index contributed by atoms with van der Waals surface area (Å²) in [5.74, 6) is -1.32. The van der Waals surface area contributed by atoms with E-state index in [4.69, 9.17) is 20.6 Å². The van der Waals surface area contributed by atoms with Crippen LogP contribution in [0.2, 0.25) is 0 Å². The minimum atomic E-state index is -1.02. The first-order valence-corrected chi connectivity index (χ1v) is 25.4. The number of carbonyl (C=O) groups is 5. The van der Waals surface area contributed by atoms with E-state index < -0.39 is 5.97 Å². The number of carbonyl (C=O) groups excluding carboxylic acids is 4. The predicted molar refractivity (Wildman–Crippen MR) is 287 cm³/mol. The SMILES string of the molecule is CC(=O)Nc1cccc(CC(=O)c2nc3ccc(CO)cc3s2)c1.CC(=O)Nc1cccc(CC(=O)c2nc3ccc(O)cc3s2)c1.N#Cc1nc2ccc(CO)cc2s1.O=C(O)c1nc2ccc(CO)cc2s1. The number of hydrogen-bond donors (Lipinski definition) is 7. The van der Waals surface area contributed by atoms with E-state index >= 15 is 0 Å². The second-order valence-electron chi connectivity index (χ2n) is 16.0. The Kier molecular flexibility index (Phi) is 18.1. The number of Topliss-reactive ketones (excluding diaryl/α,β-unsaturated/α-hetero) is 2. The fraction of sp³-hybridized carbons (Fsp3) is 0.132. The van der Waals surface area contributed by atoms with Gasteiger partial charge in [-0.25, -0.2) is 24.7 Å². The molecule has 0 saturated heterocycles. The highest BCUT2D eigenvalue weighted by Crippen LogP contribution is 2.29. The number of aromatic carboxylic acids is 1. The molecule has 10 aromatic rings. The largest absolute Gasteiger partial charge is 0.508 e. The van der Waals surface area contributed by atoms with Gasteiger partial charge in [-0.15, -0.1) is 45.3 Å². The molecule has 0 radical (unpaired) electrons. The molecule has 0 spiro atoms. The van der Waals surface area contributed by atoms with Crippen LogP contribution < -0.4 is 10.6 Å². The lowest BCUT2D eigenvalue weighted by Crippen LogP contribution is -2.07. The molecule has 374 valence electrons. The number of fused-ring (bicyclic) bond motifs is 4. The van der Waals surface area contributed by atoms with Crippen molar-refractivity contribution in [2.75, 3.05) is 10.6 Å². The minimum Gasteiger partial charge on any atom is -0.508 e. The topological polar surface area (TPSA) is 286 Å². The van der Waals surface area contributed by atoms with Crippen LogP contribution in [0.4, 0.5) is 11.4 Å². The molecule has 10 rings (SSSR count). The Morgan fingerprint density at radius 1 is 0.500 bits per heavy atom. The van der Waals surface area contributed by atoms with Gasteiger partial charge in [0, 0.05) is 38.1 Å². The van der Waals surface area contributed by atoms with Crippen LogP contribution in [-0.2, 0) is 42.3 Å². The number of nitrogens with one attached hydrogen (secondary N) is 2. The molecule has 0 aliphatic rings. The summed E-state index contributed by atoms with van der Waals surface area (Å²) in [7, 11) is 0. The summed E-state index contributed by atoms with van der Waals surface area (Å²) in [6, 6.07) is 37.4. The van der Waals surface area contributed by atoms with Crippen LogP contribution in [0.25, 0.3) is 40.9 Å². The molecule has 0 aliphatic heterocycles. The number of phenols is 1. The first-order chi connectivity index (χ1) is 35.6. The van der Waals surface area contributed by atoms with Crippen molar-refractivity contribution in [1.29, 1.82) is 5.26 Å². The molecule has 74 heavy (non-hydrogen) atoms. The van der Waals surface area contributed by atoms with E-state index in [9.17, 15) is 34.2 Å². The average Bonchev–Trinajstić information content (AvgIpc) is 4.21. The zero-order valence-electron chi connectivity index (χ0n) is 39.2. The number of hydrogen-bond acceptors (Lipinski definition) is 18. The van der Waals surface area contributed by atoms with E-state index in [1.54, 1.807) is 78.9 Å². The molecule has 0 bridgehead atoms. The summed E-state index contributed by atoms with van der Waals surface area (Å²) in [5, 5.41) is 60.5. The fourth-order valence-electron chi connectivity index (χ4n) is 6.94. The summed E-state index contributed by atoms with van der Waals surface area (Å²) in [6.45, 7) is 2.83. The van der Waals surface area contributed by atoms with Crippen LogP contribution >= 0.6 is 45.3 Å². The average molecular weight is 1070 g/mol. The number of benzene rings is 6. The monoisotopic (exact) mass is 1070 g/mol. The second kappa shape index (κ2) is 25.0. The number of aromatic nitrogens is 4. The maximum absolute atomic E-state index is 12.5. The van der Waals surface area contributed by atoms with Gasteiger partial charge in [-0.1, -0.05) is 42.5 Å². The Morgan fingerprint density at radius 3 is 1.31 bits per heavy atom. The number of phenolic OH excluding ortho intramolecular Hbond substituents is 1. The molecule has 2 amide bonds. The van der Waals surface area contributed by atoms with Gasteiger partial charge in [-0.05, 0) is 107 Å². The zero-order valence-corrected chi connectivity index (χ0v) is 42.5. The first-order valence-electron chi connectivity index (χ1n) is 22.1. The number of carboxylic acid groups (broad SMARTS) is 1. The van der Waals surface area contributed by atoms with Crippen molar-refractivity contribution in [1.82, 2.24) is 19.9 Å². The normalized spacial score (nSPS) is 10.6. The summed E-state index contributed by atoms with van der Waals surface area (Å²) < 4.78 is 3.40. The van der Waals surface area contributed by atoms with Gasteiger partial charge in [0.1, 0.15) is 11.8 Å². The Hall–Kier alpha value is -8.20. The Bertz CT molecular complexity index is 3750. The van der Waals surface area contributed by atoms with Crippen LogP contribution in [0.5, 0.6) is 5.75 Å². The number of ketones is 2. The lowest BCUT2D eigenvalue weighted by molar-refractivity contribution is -0.115. The highest BCUT2D eigenvalue weighted by molar-refractivity contribution is 7.21. The van der Waals surface area contributed by atoms with Crippen LogP contribution in [-0.4, -0.2) is 74.8 Å². The number of nitriles is 1. The highest BCUT2D eigenvalue weighted by atomic mass is 32.1. The van der Waals surface area contributed by atoms with Crippen molar-refractivity contribution >= 4 is 127 Å². The number of aliphatic hydroxyl groups is 3. The van der Waals surface area contributed by atoms with Gasteiger partial charge in [0.25, 0.3) is 0 Å². The quantitative estimate of drug-likeness (QED) is 0.0561.